The van der Waals surface area contributed by atoms with Gasteiger partial charge in [-0.3, -0.25) is 4.79 Å². The second-order valence-corrected chi connectivity index (χ2v) is 6.05. The number of hydrogen-bond acceptors (Lipinski definition) is 6. The maximum Gasteiger partial charge on any atom is 0.222 e. The minimum absolute atomic E-state index is 0.0228. The van der Waals surface area contributed by atoms with Gasteiger partial charge < -0.3 is 14.8 Å². The van der Waals surface area contributed by atoms with Crippen LogP contribution in [0.2, 0.25) is 0 Å². The molecule has 0 spiro atoms. The summed E-state index contributed by atoms with van der Waals surface area (Å²) in [5.74, 6) is 1.41. The first-order valence-corrected chi connectivity index (χ1v) is 7.94. The Hall–Kier alpha value is -1.54. The number of carbonyl (C=O) groups is 1. The zero-order chi connectivity index (χ0) is 15.4. The lowest BCUT2D eigenvalue weighted by Gasteiger charge is -2.32. The lowest BCUT2D eigenvalue weighted by Crippen LogP contribution is -2.50. The van der Waals surface area contributed by atoms with E-state index in [4.69, 9.17) is 9.47 Å². The lowest BCUT2D eigenvalue weighted by atomic mass is 10.1. The molecule has 1 saturated heterocycles. The third-order valence-electron chi connectivity index (χ3n) is 4.14. The van der Waals surface area contributed by atoms with Crippen LogP contribution < -0.4 is 5.32 Å². The second kappa shape index (κ2) is 7.15. The Morgan fingerprint density at radius 2 is 2.32 bits per heavy atom. The maximum atomic E-state index is 12.1. The van der Waals surface area contributed by atoms with Gasteiger partial charge >= 0.3 is 0 Å². The van der Waals surface area contributed by atoms with Gasteiger partial charge in [0.15, 0.2) is 0 Å². The highest BCUT2D eigenvalue weighted by atomic mass is 16.5. The fourth-order valence-corrected chi connectivity index (χ4v) is 2.54. The van der Waals surface area contributed by atoms with Gasteiger partial charge in [-0.05, 0) is 42.5 Å². The number of aryl methyl sites for hydroxylation is 2. The number of hydrogen-bond donors (Lipinski definition) is 1. The average Bonchev–Trinajstić information content (AvgIpc) is 3.26. The molecule has 2 fully saturated rings. The molecule has 0 radical (unpaired) electrons. The first-order valence-electron chi connectivity index (χ1n) is 7.94. The van der Waals surface area contributed by atoms with Crippen molar-refractivity contribution < 1.29 is 14.3 Å². The summed E-state index contributed by atoms with van der Waals surface area (Å²) in [5.41, 5.74) is 0. The largest absolute Gasteiger partial charge is 0.379 e. The van der Waals surface area contributed by atoms with Gasteiger partial charge in [-0.15, -0.1) is 5.10 Å². The van der Waals surface area contributed by atoms with Crippen LogP contribution in [-0.4, -0.2) is 58.1 Å². The van der Waals surface area contributed by atoms with Crippen molar-refractivity contribution in [2.45, 2.75) is 51.3 Å². The lowest BCUT2D eigenvalue weighted by molar-refractivity contribution is -0.126. The van der Waals surface area contributed by atoms with Crippen molar-refractivity contribution in [2.75, 3.05) is 19.8 Å². The molecule has 8 heteroatoms. The number of ether oxygens (including phenoxy) is 2. The van der Waals surface area contributed by atoms with Crippen LogP contribution in [0.15, 0.2) is 0 Å². The van der Waals surface area contributed by atoms with Crippen molar-refractivity contribution in [3.8, 4) is 0 Å². The molecule has 1 aliphatic carbocycles. The van der Waals surface area contributed by atoms with Crippen molar-refractivity contribution in [2.24, 2.45) is 5.92 Å². The molecule has 0 unspecified atom stereocenters. The first-order chi connectivity index (χ1) is 10.7. The van der Waals surface area contributed by atoms with E-state index in [1.807, 2.05) is 6.92 Å². The van der Waals surface area contributed by atoms with Crippen LogP contribution >= 0.6 is 0 Å². The van der Waals surface area contributed by atoms with Crippen molar-refractivity contribution in [3.63, 3.8) is 0 Å². The second-order valence-electron chi connectivity index (χ2n) is 6.05. The summed E-state index contributed by atoms with van der Waals surface area (Å²) in [5, 5.41) is 14.2. The van der Waals surface area contributed by atoms with E-state index in [0.29, 0.717) is 32.0 Å². The Labute approximate surface area is 129 Å². The number of rotatable bonds is 7. The SMILES string of the molecule is Cc1nnnn1CCC(=O)N[C@@H]1COCC[C@@H]1OCC1CC1. The predicted molar refractivity (Wildman–Crippen MR) is 77.0 cm³/mol. The fourth-order valence-electron chi connectivity index (χ4n) is 2.54. The van der Waals surface area contributed by atoms with Gasteiger partial charge in [0, 0.05) is 19.6 Å². The minimum atomic E-state index is -0.0602. The van der Waals surface area contributed by atoms with Crippen LogP contribution in [-0.2, 0) is 20.8 Å². The van der Waals surface area contributed by atoms with Crippen LogP contribution in [0, 0.1) is 12.8 Å². The van der Waals surface area contributed by atoms with E-state index < -0.39 is 0 Å². The van der Waals surface area contributed by atoms with Crippen molar-refractivity contribution in [1.29, 1.82) is 0 Å². The molecule has 2 aliphatic rings. The molecule has 1 N–H and O–H groups in total. The van der Waals surface area contributed by atoms with Crippen LogP contribution in [0.25, 0.3) is 0 Å². The molecule has 1 aromatic heterocycles. The molecule has 8 nitrogen and oxygen atoms in total. The summed E-state index contributed by atoms with van der Waals surface area (Å²) < 4.78 is 13.1. The molecule has 2 atom stereocenters. The van der Waals surface area contributed by atoms with Gasteiger partial charge in [-0.25, -0.2) is 4.68 Å². The number of aromatic nitrogens is 4. The van der Waals surface area contributed by atoms with Crippen molar-refractivity contribution in [3.05, 3.63) is 5.82 Å². The molecule has 1 aromatic rings. The molecule has 22 heavy (non-hydrogen) atoms. The Morgan fingerprint density at radius 1 is 1.45 bits per heavy atom. The van der Waals surface area contributed by atoms with Crippen LogP contribution in [0.1, 0.15) is 31.5 Å². The van der Waals surface area contributed by atoms with Gasteiger partial charge in [0.2, 0.25) is 5.91 Å². The standard InChI is InChI=1S/C14H23N5O3/c1-10-16-17-18-19(10)6-4-14(20)15-12-9-21-7-5-13(12)22-8-11-2-3-11/h11-13H,2-9H2,1H3,(H,15,20)/t12-,13+/m1/s1. The molecule has 2 heterocycles. The summed E-state index contributed by atoms with van der Waals surface area (Å²) in [6, 6.07) is -0.0602. The number of carbonyl (C=O) groups excluding carboxylic acids is 1. The average molecular weight is 309 g/mol. The molecule has 0 aromatic carbocycles. The normalized spacial score (nSPS) is 25.1. The molecule has 1 aliphatic heterocycles. The number of nitrogens with zero attached hydrogens (tertiary/aromatic N) is 4. The number of amides is 1. The highest BCUT2D eigenvalue weighted by Crippen LogP contribution is 2.30. The van der Waals surface area contributed by atoms with E-state index in [9.17, 15) is 4.79 Å². The molecule has 0 bridgehead atoms. The van der Waals surface area contributed by atoms with Crippen molar-refractivity contribution >= 4 is 5.91 Å². The quantitative estimate of drug-likeness (QED) is 0.766. The monoisotopic (exact) mass is 309 g/mol. The number of tetrazole rings is 1. The van der Waals surface area contributed by atoms with Crippen molar-refractivity contribution in [1.82, 2.24) is 25.5 Å². The molecule has 3 rings (SSSR count). The van der Waals surface area contributed by atoms with E-state index in [-0.39, 0.29) is 18.1 Å². The van der Waals surface area contributed by atoms with E-state index in [0.717, 1.165) is 18.9 Å². The van der Waals surface area contributed by atoms with Gasteiger partial charge in [0.1, 0.15) is 5.82 Å². The molecular formula is C14H23N5O3. The van der Waals surface area contributed by atoms with E-state index >= 15 is 0 Å². The van der Waals surface area contributed by atoms with Gasteiger partial charge in [-0.1, -0.05) is 0 Å². The summed E-state index contributed by atoms with van der Waals surface area (Å²) in [6.45, 7) is 4.32. The van der Waals surface area contributed by atoms with E-state index in [2.05, 4.69) is 20.8 Å². The Balaban J connectivity index is 1.44. The van der Waals surface area contributed by atoms with E-state index in [1.54, 1.807) is 4.68 Å². The van der Waals surface area contributed by atoms with Gasteiger partial charge in [0.05, 0.1) is 25.3 Å². The summed E-state index contributed by atoms with van der Waals surface area (Å²) in [6.07, 6.45) is 3.78. The van der Waals surface area contributed by atoms with Crippen LogP contribution in [0.3, 0.4) is 0 Å². The Bertz CT molecular complexity index is 502. The highest BCUT2D eigenvalue weighted by Gasteiger charge is 2.30. The smallest absolute Gasteiger partial charge is 0.222 e. The third-order valence-corrected chi connectivity index (χ3v) is 4.14. The Morgan fingerprint density at radius 3 is 3.05 bits per heavy atom. The Kier molecular flexibility index (Phi) is 4.99. The number of nitrogens with one attached hydrogen (secondary N) is 1. The highest BCUT2D eigenvalue weighted by molar-refractivity contribution is 5.76. The predicted octanol–water partition coefficient (Wildman–Crippen LogP) is 0.0719. The summed E-state index contributed by atoms with van der Waals surface area (Å²) >= 11 is 0. The minimum Gasteiger partial charge on any atom is -0.379 e. The van der Waals surface area contributed by atoms with Crippen LogP contribution in [0.4, 0.5) is 0 Å². The summed E-state index contributed by atoms with van der Waals surface area (Å²) in [7, 11) is 0. The fraction of sp³-hybridized carbons (Fsp3) is 0.857. The third kappa shape index (κ3) is 4.23. The molecule has 1 saturated carbocycles. The summed E-state index contributed by atoms with van der Waals surface area (Å²) in [4.78, 5) is 12.1. The first kappa shape index (κ1) is 15.4. The van der Waals surface area contributed by atoms with E-state index in [1.165, 1.54) is 12.8 Å². The van der Waals surface area contributed by atoms with Crippen LogP contribution in [0.5, 0.6) is 0 Å². The van der Waals surface area contributed by atoms with Gasteiger partial charge in [0.25, 0.3) is 0 Å². The zero-order valence-electron chi connectivity index (χ0n) is 12.9. The van der Waals surface area contributed by atoms with Gasteiger partial charge in [-0.2, -0.15) is 0 Å². The molecular weight excluding hydrogens is 286 g/mol. The molecule has 122 valence electrons. The molecule has 1 amide bonds. The topological polar surface area (TPSA) is 91.2 Å². The maximum absolute atomic E-state index is 12.1. The zero-order valence-corrected chi connectivity index (χ0v) is 12.9.